The maximum atomic E-state index is 13.9. The van der Waals surface area contributed by atoms with Crippen LogP contribution in [-0.4, -0.2) is 36.9 Å². The Morgan fingerprint density at radius 1 is 1.35 bits per heavy atom. The molecule has 0 aromatic heterocycles. The van der Waals surface area contributed by atoms with Crippen LogP contribution in [0.5, 0.6) is 0 Å². The first-order valence-electron chi connectivity index (χ1n) is 6.49. The van der Waals surface area contributed by atoms with Gasteiger partial charge in [0.15, 0.2) is 0 Å². The average molecular weight is 343 g/mol. The molecule has 0 unspecified atom stereocenters. The van der Waals surface area contributed by atoms with E-state index in [1.54, 1.807) is 24.1 Å². The van der Waals surface area contributed by atoms with Gasteiger partial charge < -0.3 is 10.2 Å². The summed E-state index contributed by atoms with van der Waals surface area (Å²) in [5.41, 5.74) is 0.0674. The number of hydrogen-bond acceptors (Lipinski definition) is 2. The van der Waals surface area contributed by atoms with Crippen LogP contribution in [0.4, 0.5) is 4.39 Å². The molecule has 2 amide bonds. The van der Waals surface area contributed by atoms with Gasteiger partial charge in [-0.3, -0.25) is 9.59 Å². The Kier molecular flexibility index (Phi) is 4.75. The fourth-order valence-corrected chi connectivity index (χ4v) is 2.75. The highest BCUT2D eigenvalue weighted by atomic mass is 79.9. The zero-order valence-corrected chi connectivity index (χ0v) is 12.7. The minimum Gasteiger partial charge on any atom is -0.359 e. The second kappa shape index (κ2) is 6.35. The molecule has 6 heteroatoms. The second-order valence-corrected chi connectivity index (χ2v) is 5.64. The van der Waals surface area contributed by atoms with Crippen LogP contribution in [-0.2, 0) is 4.79 Å². The van der Waals surface area contributed by atoms with Gasteiger partial charge in [0.25, 0.3) is 5.91 Å². The molecule has 0 bridgehead atoms. The summed E-state index contributed by atoms with van der Waals surface area (Å²) in [6.07, 6.45) is 1.22. The van der Waals surface area contributed by atoms with Crippen LogP contribution in [0.15, 0.2) is 22.7 Å². The maximum absolute atomic E-state index is 13.9. The molecule has 1 aliphatic heterocycles. The van der Waals surface area contributed by atoms with Crippen LogP contribution < -0.4 is 5.32 Å². The molecule has 0 spiro atoms. The van der Waals surface area contributed by atoms with Crippen molar-refractivity contribution < 1.29 is 14.0 Å². The van der Waals surface area contributed by atoms with Crippen molar-refractivity contribution in [1.82, 2.24) is 10.2 Å². The quantitative estimate of drug-likeness (QED) is 0.895. The molecule has 1 heterocycles. The summed E-state index contributed by atoms with van der Waals surface area (Å²) in [5.74, 6) is -0.910. The van der Waals surface area contributed by atoms with Crippen molar-refractivity contribution in [1.29, 1.82) is 0 Å². The lowest BCUT2D eigenvalue weighted by atomic mass is 9.95. The van der Waals surface area contributed by atoms with E-state index in [-0.39, 0.29) is 27.8 Å². The molecule has 1 fully saturated rings. The lowest BCUT2D eigenvalue weighted by Crippen LogP contribution is -2.42. The zero-order chi connectivity index (χ0) is 14.7. The lowest BCUT2D eigenvalue weighted by Gasteiger charge is -2.31. The number of amides is 2. The van der Waals surface area contributed by atoms with Crippen molar-refractivity contribution in [2.75, 3.05) is 20.1 Å². The lowest BCUT2D eigenvalue weighted by molar-refractivity contribution is -0.125. The molecule has 4 nitrogen and oxygen atoms in total. The van der Waals surface area contributed by atoms with Crippen LogP contribution in [0.3, 0.4) is 0 Å². The van der Waals surface area contributed by atoms with E-state index in [4.69, 9.17) is 0 Å². The fraction of sp³-hybridized carbons (Fsp3) is 0.429. The minimum atomic E-state index is -0.536. The summed E-state index contributed by atoms with van der Waals surface area (Å²) in [7, 11) is 1.61. The summed E-state index contributed by atoms with van der Waals surface area (Å²) < 4.78 is 14.2. The van der Waals surface area contributed by atoms with E-state index in [1.165, 1.54) is 6.07 Å². The van der Waals surface area contributed by atoms with Crippen molar-refractivity contribution in [3.8, 4) is 0 Å². The summed E-state index contributed by atoms with van der Waals surface area (Å²) in [6.45, 7) is 0.950. The van der Waals surface area contributed by atoms with E-state index in [0.29, 0.717) is 25.9 Å². The number of halogens is 2. The molecule has 1 saturated heterocycles. The molecule has 1 aliphatic rings. The summed E-state index contributed by atoms with van der Waals surface area (Å²) in [4.78, 5) is 25.4. The number of likely N-dealkylation sites (tertiary alicyclic amines) is 1. The smallest absolute Gasteiger partial charge is 0.256 e. The number of hydrogen-bond donors (Lipinski definition) is 1. The predicted octanol–water partition coefficient (Wildman–Crippen LogP) is 2.19. The zero-order valence-electron chi connectivity index (χ0n) is 11.2. The van der Waals surface area contributed by atoms with Gasteiger partial charge in [0.1, 0.15) is 5.82 Å². The minimum absolute atomic E-state index is 0.00531. The topological polar surface area (TPSA) is 49.4 Å². The fourth-order valence-electron chi connectivity index (χ4n) is 2.39. The van der Waals surface area contributed by atoms with Gasteiger partial charge in [-0.2, -0.15) is 0 Å². The monoisotopic (exact) mass is 342 g/mol. The molecule has 1 aromatic rings. The van der Waals surface area contributed by atoms with Gasteiger partial charge in [-0.25, -0.2) is 4.39 Å². The van der Waals surface area contributed by atoms with E-state index in [2.05, 4.69) is 21.2 Å². The van der Waals surface area contributed by atoms with Crippen LogP contribution >= 0.6 is 15.9 Å². The molecule has 0 radical (unpaired) electrons. The molecular formula is C14H16BrFN2O2. The number of piperidine rings is 1. The summed E-state index contributed by atoms with van der Waals surface area (Å²) in [6, 6.07) is 4.68. The number of carbonyl (C=O) groups is 2. The normalized spacial score (nSPS) is 16.1. The van der Waals surface area contributed by atoms with Crippen LogP contribution in [0.2, 0.25) is 0 Å². The third-order valence-electron chi connectivity index (χ3n) is 3.58. The van der Waals surface area contributed by atoms with Gasteiger partial charge in [0.2, 0.25) is 5.91 Å². The van der Waals surface area contributed by atoms with Crippen molar-refractivity contribution in [3.05, 3.63) is 34.1 Å². The first kappa shape index (κ1) is 15.0. The van der Waals surface area contributed by atoms with E-state index in [1.807, 2.05) is 0 Å². The van der Waals surface area contributed by atoms with Gasteiger partial charge >= 0.3 is 0 Å². The molecule has 1 N–H and O–H groups in total. The number of carbonyl (C=O) groups excluding carboxylic acids is 2. The van der Waals surface area contributed by atoms with Crippen molar-refractivity contribution in [3.63, 3.8) is 0 Å². The highest BCUT2D eigenvalue weighted by Crippen LogP contribution is 2.23. The Hall–Kier alpha value is -1.43. The molecular weight excluding hydrogens is 327 g/mol. The van der Waals surface area contributed by atoms with E-state index in [0.717, 1.165) is 0 Å². The number of nitrogens with one attached hydrogen (secondary N) is 1. The number of rotatable bonds is 2. The average Bonchev–Trinajstić information content (AvgIpc) is 2.48. The van der Waals surface area contributed by atoms with Crippen molar-refractivity contribution >= 4 is 27.7 Å². The van der Waals surface area contributed by atoms with Gasteiger partial charge in [-0.05, 0) is 40.9 Å². The standard InChI is InChI=1S/C14H16BrFN2O2/c1-17-13(19)9-5-7-18(8-6-9)14(20)10-3-2-4-11(15)12(10)16/h2-4,9H,5-8H2,1H3,(H,17,19). The molecule has 1 aromatic carbocycles. The van der Waals surface area contributed by atoms with Crippen LogP contribution in [0.1, 0.15) is 23.2 Å². The van der Waals surface area contributed by atoms with Crippen molar-refractivity contribution in [2.45, 2.75) is 12.8 Å². The number of nitrogens with zero attached hydrogens (tertiary/aromatic N) is 1. The van der Waals surface area contributed by atoms with E-state index >= 15 is 0 Å². The summed E-state index contributed by atoms with van der Waals surface area (Å²) >= 11 is 3.08. The summed E-state index contributed by atoms with van der Waals surface area (Å²) in [5, 5.41) is 2.62. The molecule has 0 aliphatic carbocycles. The third-order valence-corrected chi connectivity index (χ3v) is 4.19. The van der Waals surface area contributed by atoms with Gasteiger partial charge in [-0.1, -0.05) is 6.07 Å². The Bertz CT molecular complexity index is 528. The molecule has 2 rings (SSSR count). The SMILES string of the molecule is CNC(=O)C1CCN(C(=O)c2cccc(Br)c2F)CC1. The second-order valence-electron chi connectivity index (χ2n) is 4.78. The maximum Gasteiger partial charge on any atom is 0.256 e. The van der Waals surface area contributed by atoms with Crippen molar-refractivity contribution in [2.24, 2.45) is 5.92 Å². The Labute approximate surface area is 125 Å². The van der Waals surface area contributed by atoms with E-state index in [9.17, 15) is 14.0 Å². The highest BCUT2D eigenvalue weighted by molar-refractivity contribution is 9.10. The van der Waals surface area contributed by atoms with Crippen LogP contribution in [0, 0.1) is 11.7 Å². The predicted molar refractivity (Wildman–Crippen MR) is 76.8 cm³/mol. The Morgan fingerprint density at radius 3 is 2.60 bits per heavy atom. The van der Waals surface area contributed by atoms with Crippen LogP contribution in [0.25, 0.3) is 0 Å². The molecule has 0 atom stereocenters. The number of benzene rings is 1. The van der Waals surface area contributed by atoms with E-state index < -0.39 is 5.82 Å². The third kappa shape index (κ3) is 3.00. The van der Waals surface area contributed by atoms with Gasteiger partial charge in [0.05, 0.1) is 10.0 Å². The first-order chi connectivity index (χ1) is 9.54. The highest BCUT2D eigenvalue weighted by Gasteiger charge is 2.28. The molecule has 0 saturated carbocycles. The first-order valence-corrected chi connectivity index (χ1v) is 7.28. The Morgan fingerprint density at radius 2 is 2.00 bits per heavy atom. The molecule has 108 valence electrons. The Balaban J connectivity index is 2.05. The van der Waals surface area contributed by atoms with Gasteiger partial charge in [-0.15, -0.1) is 0 Å². The van der Waals surface area contributed by atoms with Gasteiger partial charge in [0, 0.05) is 26.1 Å². The largest absolute Gasteiger partial charge is 0.359 e. The molecule has 20 heavy (non-hydrogen) atoms.